The number of aromatic nitrogens is 1. The van der Waals surface area contributed by atoms with Crippen molar-refractivity contribution in [2.24, 2.45) is 5.92 Å². The monoisotopic (exact) mass is 488 g/mol. The SMILES string of the molecule is CCN(CC)C(=O)Cn1ccc2cc(NC(=O)C3CCN(C(=O)CCc4ccccc4)CC3)ccc21. The summed E-state index contributed by atoms with van der Waals surface area (Å²) >= 11 is 0. The summed E-state index contributed by atoms with van der Waals surface area (Å²) in [5, 5.41) is 4.04. The highest BCUT2D eigenvalue weighted by Crippen LogP contribution is 2.24. The van der Waals surface area contributed by atoms with Crippen LogP contribution in [0, 0.1) is 5.92 Å². The van der Waals surface area contributed by atoms with E-state index in [-0.39, 0.29) is 23.6 Å². The number of piperidine rings is 1. The molecule has 7 nitrogen and oxygen atoms in total. The molecule has 1 N–H and O–H groups in total. The van der Waals surface area contributed by atoms with Crippen LogP contribution in [0.1, 0.15) is 38.7 Å². The number of likely N-dealkylation sites (N-methyl/N-ethyl adjacent to an activating group) is 1. The second kappa shape index (κ2) is 11.9. The van der Waals surface area contributed by atoms with Crippen LogP contribution in [0.4, 0.5) is 5.69 Å². The number of carbonyl (C=O) groups is 3. The third kappa shape index (κ3) is 6.14. The van der Waals surface area contributed by atoms with Crippen molar-refractivity contribution in [3.8, 4) is 0 Å². The van der Waals surface area contributed by atoms with Crippen molar-refractivity contribution in [3.63, 3.8) is 0 Å². The van der Waals surface area contributed by atoms with Gasteiger partial charge in [-0.25, -0.2) is 0 Å². The molecule has 3 aromatic rings. The van der Waals surface area contributed by atoms with Gasteiger partial charge in [0.25, 0.3) is 0 Å². The Morgan fingerprint density at radius 3 is 2.39 bits per heavy atom. The topological polar surface area (TPSA) is 74.7 Å². The van der Waals surface area contributed by atoms with Crippen LogP contribution in [0.3, 0.4) is 0 Å². The van der Waals surface area contributed by atoms with Crippen LogP contribution in [0.2, 0.25) is 0 Å². The van der Waals surface area contributed by atoms with Gasteiger partial charge in [0.05, 0.1) is 0 Å². The highest BCUT2D eigenvalue weighted by molar-refractivity contribution is 5.95. The van der Waals surface area contributed by atoms with Gasteiger partial charge in [0.15, 0.2) is 0 Å². The van der Waals surface area contributed by atoms with Gasteiger partial charge in [0.1, 0.15) is 6.54 Å². The normalized spacial score (nSPS) is 14.1. The standard InChI is InChI=1S/C29H36N4O3/c1-3-31(4-2)28(35)21-33-19-16-24-20-25(11-12-26(24)33)30-29(36)23-14-17-32(18-15-23)27(34)13-10-22-8-6-5-7-9-22/h5-9,11-12,16,19-20,23H,3-4,10,13-15,17-18,21H2,1-2H3,(H,30,36). The number of carbonyl (C=O) groups excluding carboxylic acids is 3. The van der Waals surface area contributed by atoms with E-state index in [4.69, 9.17) is 0 Å². The van der Waals surface area contributed by atoms with Crippen LogP contribution >= 0.6 is 0 Å². The smallest absolute Gasteiger partial charge is 0.242 e. The molecule has 3 amide bonds. The third-order valence-corrected chi connectivity index (χ3v) is 7.15. The fourth-order valence-electron chi connectivity index (χ4n) is 4.93. The first kappa shape index (κ1) is 25.5. The summed E-state index contributed by atoms with van der Waals surface area (Å²) in [5.41, 5.74) is 2.89. The summed E-state index contributed by atoms with van der Waals surface area (Å²) in [7, 11) is 0. The molecule has 36 heavy (non-hydrogen) atoms. The van der Waals surface area contributed by atoms with Crippen molar-refractivity contribution in [1.82, 2.24) is 14.4 Å². The summed E-state index contributed by atoms with van der Waals surface area (Å²) in [6.07, 6.45) is 4.52. The first-order valence-corrected chi connectivity index (χ1v) is 13.0. The first-order valence-electron chi connectivity index (χ1n) is 13.0. The van der Waals surface area contributed by atoms with E-state index in [0.717, 1.165) is 23.0 Å². The van der Waals surface area contributed by atoms with Crippen molar-refractivity contribution in [2.75, 3.05) is 31.5 Å². The average Bonchev–Trinajstić information content (AvgIpc) is 3.30. The number of nitrogens with zero attached hydrogens (tertiary/aromatic N) is 3. The fourth-order valence-corrected chi connectivity index (χ4v) is 4.93. The summed E-state index contributed by atoms with van der Waals surface area (Å²) in [6, 6.07) is 17.8. The molecule has 4 rings (SSSR count). The first-order chi connectivity index (χ1) is 17.5. The predicted octanol–water partition coefficient (Wildman–Crippen LogP) is 4.32. The maximum absolute atomic E-state index is 12.9. The van der Waals surface area contributed by atoms with Gasteiger partial charge in [-0.3, -0.25) is 14.4 Å². The maximum atomic E-state index is 12.9. The number of aryl methyl sites for hydroxylation is 1. The number of hydrogen-bond acceptors (Lipinski definition) is 3. The Morgan fingerprint density at radius 2 is 1.69 bits per heavy atom. The molecule has 1 aliphatic rings. The summed E-state index contributed by atoms with van der Waals surface area (Å²) in [4.78, 5) is 41.7. The van der Waals surface area contributed by atoms with E-state index in [9.17, 15) is 14.4 Å². The van der Waals surface area contributed by atoms with E-state index in [2.05, 4.69) is 5.32 Å². The van der Waals surface area contributed by atoms with E-state index in [0.29, 0.717) is 52.0 Å². The Bertz CT molecular complexity index is 1190. The van der Waals surface area contributed by atoms with Gasteiger partial charge >= 0.3 is 0 Å². The van der Waals surface area contributed by atoms with Gasteiger partial charge in [0.2, 0.25) is 17.7 Å². The molecule has 2 heterocycles. The number of rotatable bonds is 9. The van der Waals surface area contributed by atoms with Crippen LogP contribution in [0.15, 0.2) is 60.8 Å². The molecule has 0 aliphatic carbocycles. The summed E-state index contributed by atoms with van der Waals surface area (Å²) in [6.45, 7) is 6.91. The highest BCUT2D eigenvalue weighted by Gasteiger charge is 2.27. The van der Waals surface area contributed by atoms with Crippen molar-refractivity contribution < 1.29 is 14.4 Å². The van der Waals surface area contributed by atoms with Crippen LogP contribution in [0.5, 0.6) is 0 Å². The molecule has 190 valence electrons. The van der Waals surface area contributed by atoms with Crippen LogP contribution in [0.25, 0.3) is 10.9 Å². The molecule has 1 aliphatic heterocycles. The van der Waals surface area contributed by atoms with Gasteiger partial charge in [0, 0.05) is 61.3 Å². The van der Waals surface area contributed by atoms with Gasteiger partial charge in [-0.1, -0.05) is 30.3 Å². The Kier molecular flexibility index (Phi) is 8.41. The molecule has 0 atom stereocenters. The summed E-state index contributed by atoms with van der Waals surface area (Å²) in [5.74, 6) is 0.156. The summed E-state index contributed by atoms with van der Waals surface area (Å²) < 4.78 is 1.95. The molecule has 1 fully saturated rings. The molecular weight excluding hydrogens is 452 g/mol. The zero-order valence-electron chi connectivity index (χ0n) is 21.3. The van der Waals surface area contributed by atoms with Gasteiger partial charge < -0.3 is 19.7 Å². The number of fused-ring (bicyclic) bond motifs is 1. The van der Waals surface area contributed by atoms with E-state index in [1.54, 1.807) is 0 Å². The lowest BCUT2D eigenvalue weighted by Gasteiger charge is -2.31. The van der Waals surface area contributed by atoms with Crippen molar-refractivity contribution >= 4 is 34.3 Å². The molecule has 1 saturated heterocycles. The maximum Gasteiger partial charge on any atom is 0.242 e. The largest absolute Gasteiger partial charge is 0.343 e. The molecule has 0 bridgehead atoms. The third-order valence-electron chi connectivity index (χ3n) is 7.15. The van der Waals surface area contributed by atoms with E-state index in [1.165, 1.54) is 5.56 Å². The van der Waals surface area contributed by atoms with Gasteiger partial charge in [-0.05, 0) is 62.9 Å². The Labute approximate surface area is 213 Å². The molecule has 0 saturated carbocycles. The molecule has 0 radical (unpaired) electrons. The van der Waals surface area contributed by atoms with Gasteiger partial charge in [-0.2, -0.15) is 0 Å². The zero-order valence-corrected chi connectivity index (χ0v) is 21.3. The van der Waals surface area contributed by atoms with Crippen molar-refractivity contribution in [2.45, 2.75) is 46.1 Å². The van der Waals surface area contributed by atoms with Crippen LogP contribution < -0.4 is 5.32 Å². The number of hydrogen-bond donors (Lipinski definition) is 1. The van der Waals surface area contributed by atoms with Crippen molar-refractivity contribution in [3.05, 3.63) is 66.4 Å². The average molecular weight is 489 g/mol. The highest BCUT2D eigenvalue weighted by atomic mass is 16.2. The number of amides is 3. The zero-order chi connectivity index (χ0) is 25.5. The minimum Gasteiger partial charge on any atom is -0.343 e. The lowest BCUT2D eigenvalue weighted by atomic mass is 9.95. The molecular formula is C29H36N4O3. The Morgan fingerprint density at radius 1 is 0.972 bits per heavy atom. The van der Waals surface area contributed by atoms with Crippen LogP contribution in [-0.4, -0.2) is 58.3 Å². The molecule has 0 unspecified atom stereocenters. The minimum atomic E-state index is -0.102. The minimum absolute atomic E-state index is 0.00174. The van der Waals surface area contributed by atoms with E-state index in [1.807, 2.05) is 89.0 Å². The quantitative estimate of drug-likeness (QED) is 0.488. The fraction of sp³-hybridized carbons (Fsp3) is 0.414. The van der Waals surface area contributed by atoms with Gasteiger partial charge in [-0.15, -0.1) is 0 Å². The second-order valence-corrected chi connectivity index (χ2v) is 9.41. The van der Waals surface area contributed by atoms with E-state index >= 15 is 0 Å². The van der Waals surface area contributed by atoms with Crippen LogP contribution in [-0.2, 0) is 27.3 Å². The molecule has 2 aromatic carbocycles. The Balaban J connectivity index is 1.28. The number of benzene rings is 2. The predicted molar refractivity (Wildman–Crippen MR) is 143 cm³/mol. The molecule has 0 spiro atoms. The second-order valence-electron chi connectivity index (χ2n) is 9.41. The number of anilines is 1. The van der Waals surface area contributed by atoms with E-state index < -0.39 is 0 Å². The Hall–Kier alpha value is -3.61. The van der Waals surface area contributed by atoms with Crippen molar-refractivity contribution in [1.29, 1.82) is 0 Å². The molecule has 7 heteroatoms. The lowest BCUT2D eigenvalue weighted by molar-refractivity contribution is -0.134. The number of nitrogens with one attached hydrogen (secondary N) is 1. The number of likely N-dealkylation sites (tertiary alicyclic amines) is 1. The lowest BCUT2D eigenvalue weighted by Crippen LogP contribution is -2.41. The molecule has 1 aromatic heterocycles.